The summed E-state index contributed by atoms with van der Waals surface area (Å²) in [5.41, 5.74) is 2.12. The first-order valence-corrected chi connectivity index (χ1v) is 8.78. The molecular weight excluding hydrogens is 310 g/mol. The highest BCUT2D eigenvalue weighted by atomic mass is 32.2. The average Bonchev–Trinajstić information content (AvgIpc) is 2.90. The number of hydrogen-bond acceptors (Lipinski definition) is 3. The number of rotatable bonds is 3. The minimum atomic E-state index is -3.62. The van der Waals surface area contributed by atoms with Crippen molar-refractivity contribution < 1.29 is 8.42 Å². The van der Waals surface area contributed by atoms with Crippen molar-refractivity contribution in [2.75, 3.05) is 4.31 Å². The summed E-state index contributed by atoms with van der Waals surface area (Å²) in [6.45, 7) is 5.08. The van der Waals surface area contributed by atoms with E-state index in [-0.39, 0.29) is 0 Å². The van der Waals surface area contributed by atoms with Crippen molar-refractivity contribution in [3.8, 4) is 0 Å². The van der Waals surface area contributed by atoms with Crippen molar-refractivity contribution in [1.82, 2.24) is 9.97 Å². The van der Waals surface area contributed by atoms with E-state index in [4.69, 9.17) is 0 Å². The molecule has 0 unspecified atom stereocenters. The van der Waals surface area contributed by atoms with Gasteiger partial charge in [0.15, 0.2) is 0 Å². The fourth-order valence-corrected chi connectivity index (χ4v) is 3.60. The second-order valence-corrected chi connectivity index (χ2v) is 8.85. The SMILES string of the molecule is CC(C)(C)S(=O)(=O)N(c1ccccc1)c1cc2ncccc2[nH]1. The maximum absolute atomic E-state index is 13.1. The van der Waals surface area contributed by atoms with Crippen LogP contribution in [0.2, 0.25) is 0 Å². The minimum absolute atomic E-state index is 0.486. The number of pyridine rings is 1. The number of anilines is 2. The van der Waals surface area contributed by atoms with Gasteiger partial charge in [0.2, 0.25) is 10.0 Å². The zero-order valence-corrected chi connectivity index (χ0v) is 14.1. The molecule has 0 aliphatic carbocycles. The third kappa shape index (κ3) is 2.70. The third-order valence-electron chi connectivity index (χ3n) is 3.60. The van der Waals surface area contributed by atoms with Gasteiger partial charge in [-0.25, -0.2) is 12.7 Å². The number of para-hydroxylation sites is 1. The lowest BCUT2D eigenvalue weighted by Crippen LogP contribution is -2.40. The van der Waals surface area contributed by atoms with Crippen LogP contribution in [0.3, 0.4) is 0 Å². The highest BCUT2D eigenvalue weighted by molar-refractivity contribution is 7.94. The Morgan fingerprint density at radius 3 is 2.35 bits per heavy atom. The highest BCUT2D eigenvalue weighted by Gasteiger charge is 2.37. The molecule has 3 aromatic rings. The van der Waals surface area contributed by atoms with Crippen LogP contribution >= 0.6 is 0 Å². The maximum Gasteiger partial charge on any atom is 0.245 e. The number of H-pyrrole nitrogens is 1. The summed E-state index contributed by atoms with van der Waals surface area (Å²) in [7, 11) is -3.62. The molecule has 120 valence electrons. The molecule has 0 spiro atoms. The van der Waals surface area contributed by atoms with Gasteiger partial charge in [0.05, 0.1) is 21.5 Å². The molecule has 2 aromatic heterocycles. The summed E-state index contributed by atoms with van der Waals surface area (Å²) in [5.74, 6) is 0.486. The number of fused-ring (bicyclic) bond motifs is 1. The van der Waals surface area contributed by atoms with Crippen molar-refractivity contribution >= 4 is 32.6 Å². The quantitative estimate of drug-likeness (QED) is 0.794. The van der Waals surface area contributed by atoms with Crippen LogP contribution in [-0.2, 0) is 10.0 Å². The van der Waals surface area contributed by atoms with E-state index in [2.05, 4.69) is 9.97 Å². The Morgan fingerprint density at radius 1 is 1.04 bits per heavy atom. The molecule has 0 saturated carbocycles. The maximum atomic E-state index is 13.1. The minimum Gasteiger partial charge on any atom is -0.339 e. The smallest absolute Gasteiger partial charge is 0.245 e. The summed E-state index contributed by atoms with van der Waals surface area (Å²) >= 11 is 0. The predicted octanol–water partition coefficient (Wildman–Crippen LogP) is 3.83. The van der Waals surface area contributed by atoms with E-state index in [1.165, 1.54) is 4.31 Å². The first-order valence-electron chi connectivity index (χ1n) is 7.34. The first kappa shape index (κ1) is 15.6. The van der Waals surface area contributed by atoms with E-state index in [0.29, 0.717) is 11.5 Å². The second-order valence-electron chi connectivity index (χ2n) is 6.31. The molecule has 0 bridgehead atoms. The summed E-state index contributed by atoms with van der Waals surface area (Å²) in [6.07, 6.45) is 1.69. The van der Waals surface area contributed by atoms with Crippen molar-refractivity contribution in [3.05, 3.63) is 54.7 Å². The summed E-state index contributed by atoms with van der Waals surface area (Å²) < 4.78 is 26.6. The lowest BCUT2D eigenvalue weighted by molar-refractivity contribution is 0.560. The van der Waals surface area contributed by atoms with Crippen molar-refractivity contribution in [3.63, 3.8) is 0 Å². The molecule has 0 amide bonds. The van der Waals surface area contributed by atoms with Crippen LogP contribution < -0.4 is 4.31 Å². The summed E-state index contributed by atoms with van der Waals surface area (Å²) in [6, 6.07) is 14.5. The number of nitrogens with one attached hydrogen (secondary N) is 1. The van der Waals surface area contributed by atoms with Gasteiger partial charge in [0, 0.05) is 12.3 Å². The van der Waals surface area contributed by atoms with Crippen LogP contribution in [0.15, 0.2) is 54.7 Å². The monoisotopic (exact) mass is 329 g/mol. The van der Waals surface area contributed by atoms with Gasteiger partial charge >= 0.3 is 0 Å². The van der Waals surface area contributed by atoms with E-state index in [1.807, 2.05) is 30.3 Å². The van der Waals surface area contributed by atoms with E-state index >= 15 is 0 Å². The highest BCUT2D eigenvalue weighted by Crippen LogP contribution is 2.34. The molecule has 0 radical (unpaired) electrons. The fraction of sp³-hybridized carbons (Fsp3) is 0.235. The molecule has 5 nitrogen and oxygen atoms in total. The molecule has 0 aliphatic rings. The van der Waals surface area contributed by atoms with Crippen LogP contribution in [-0.4, -0.2) is 23.1 Å². The molecule has 0 fully saturated rings. The Bertz CT molecular complexity index is 892. The van der Waals surface area contributed by atoms with E-state index < -0.39 is 14.8 Å². The van der Waals surface area contributed by atoms with Gasteiger partial charge in [-0.3, -0.25) is 4.98 Å². The normalized spacial score (nSPS) is 12.5. The largest absolute Gasteiger partial charge is 0.339 e. The van der Waals surface area contributed by atoms with Gasteiger partial charge in [-0.15, -0.1) is 0 Å². The van der Waals surface area contributed by atoms with Gasteiger partial charge in [0.25, 0.3) is 0 Å². The first-order chi connectivity index (χ1) is 10.8. The Hall–Kier alpha value is -2.34. The van der Waals surface area contributed by atoms with Crippen LogP contribution in [0, 0.1) is 0 Å². The van der Waals surface area contributed by atoms with E-state index in [1.54, 1.807) is 45.2 Å². The number of benzene rings is 1. The van der Waals surface area contributed by atoms with E-state index in [9.17, 15) is 8.42 Å². The van der Waals surface area contributed by atoms with Crippen molar-refractivity contribution in [2.24, 2.45) is 0 Å². The molecule has 2 heterocycles. The van der Waals surface area contributed by atoms with Gasteiger partial charge in [-0.05, 0) is 45.0 Å². The zero-order valence-electron chi connectivity index (χ0n) is 13.3. The van der Waals surface area contributed by atoms with Crippen LogP contribution in [0.4, 0.5) is 11.5 Å². The third-order valence-corrected chi connectivity index (χ3v) is 6.03. The standard InChI is InChI=1S/C17H19N3O2S/c1-17(2,3)23(21,22)20(13-8-5-4-6-9-13)16-12-15-14(19-16)10-7-11-18-15/h4-12,19H,1-3H3. The topological polar surface area (TPSA) is 66.1 Å². The molecule has 6 heteroatoms. The van der Waals surface area contributed by atoms with Crippen LogP contribution in [0.5, 0.6) is 0 Å². The van der Waals surface area contributed by atoms with Gasteiger partial charge < -0.3 is 4.98 Å². The number of aromatic nitrogens is 2. The van der Waals surface area contributed by atoms with Crippen LogP contribution in [0.1, 0.15) is 20.8 Å². The molecule has 1 aromatic carbocycles. The fourth-order valence-electron chi connectivity index (χ4n) is 2.30. The second kappa shape index (κ2) is 5.38. The molecule has 0 saturated heterocycles. The molecule has 23 heavy (non-hydrogen) atoms. The van der Waals surface area contributed by atoms with Crippen molar-refractivity contribution in [1.29, 1.82) is 0 Å². The molecule has 3 rings (SSSR count). The summed E-state index contributed by atoms with van der Waals surface area (Å²) in [5, 5.41) is 0. The Labute approximate surface area is 136 Å². The number of nitrogens with zero attached hydrogens (tertiary/aromatic N) is 2. The van der Waals surface area contributed by atoms with Crippen molar-refractivity contribution in [2.45, 2.75) is 25.5 Å². The molecule has 0 aliphatic heterocycles. The molecule has 1 N–H and O–H groups in total. The number of hydrogen-bond donors (Lipinski definition) is 1. The Kier molecular flexibility index (Phi) is 3.64. The summed E-state index contributed by atoms with van der Waals surface area (Å²) in [4.78, 5) is 7.43. The lowest BCUT2D eigenvalue weighted by Gasteiger charge is -2.30. The Morgan fingerprint density at radius 2 is 1.74 bits per heavy atom. The molecular formula is C17H19N3O2S. The van der Waals surface area contributed by atoms with Gasteiger partial charge in [0.1, 0.15) is 5.82 Å². The van der Waals surface area contributed by atoms with Crippen LogP contribution in [0.25, 0.3) is 11.0 Å². The average molecular weight is 329 g/mol. The zero-order chi connectivity index (χ0) is 16.7. The Balaban J connectivity index is 2.24. The van der Waals surface area contributed by atoms with Gasteiger partial charge in [-0.2, -0.15) is 0 Å². The lowest BCUT2D eigenvalue weighted by atomic mass is 10.3. The van der Waals surface area contributed by atoms with Gasteiger partial charge in [-0.1, -0.05) is 18.2 Å². The van der Waals surface area contributed by atoms with E-state index in [0.717, 1.165) is 11.0 Å². The number of aromatic amines is 1. The number of sulfonamides is 1. The predicted molar refractivity (Wildman–Crippen MR) is 93.3 cm³/mol. The molecule has 0 atom stereocenters.